The van der Waals surface area contributed by atoms with Crippen LogP contribution in [0.25, 0.3) is 0 Å². The fraction of sp³-hybridized carbons (Fsp3) is 0.533. The monoisotopic (exact) mass is 283 g/mol. The summed E-state index contributed by atoms with van der Waals surface area (Å²) in [6.07, 6.45) is 1.77. The second-order valence-corrected chi connectivity index (χ2v) is 5.01. The van der Waals surface area contributed by atoms with Gasteiger partial charge >= 0.3 is 0 Å². The maximum Gasteiger partial charge on any atom is 0.225 e. The van der Waals surface area contributed by atoms with Gasteiger partial charge in [-0.25, -0.2) is 0 Å². The van der Waals surface area contributed by atoms with Gasteiger partial charge in [0.15, 0.2) is 0 Å². The van der Waals surface area contributed by atoms with Crippen molar-refractivity contribution in [2.45, 2.75) is 26.7 Å². The van der Waals surface area contributed by atoms with Crippen LogP contribution in [0, 0.1) is 5.92 Å². The molecule has 1 rings (SSSR count). The predicted molar refractivity (Wildman–Crippen MR) is 78.7 cm³/mol. The number of carbonyl (C=O) groups excluding carboxylic acids is 1. The molecule has 0 unspecified atom stereocenters. The Morgan fingerprint density at radius 2 is 1.84 bits per heavy atom. The van der Waals surface area contributed by atoms with Gasteiger partial charge in [0, 0.05) is 18.0 Å². The first kappa shape index (κ1) is 15.8. The van der Waals surface area contributed by atoms with Crippen LogP contribution in [-0.4, -0.2) is 31.0 Å². The third kappa shape index (κ3) is 5.11. The molecule has 0 aromatic heterocycles. The van der Waals surface area contributed by atoms with E-state index in [1.54, 1.807) is 17.0 Å². The van der Waals surface area contributed by atoms with Crippen LogP contribution < -0.4 is 4.74 Å². The van der Waals surface area contributed by atoms with Gasteiger partial charge in [-0.2, -0.15) is 0 Å². The zero-order valence-corrected chi connectivity index (χ0v) is 12.6. The topological polar surface area (TPSA) is 29.5 Å². The molecule has 3 nitrogen and oxygen atoms in total. The largest absolute Gasteiger partial charge is 0.492 e. The van der Waals surface area contributed by atoms with Gasteiger partial charge in [0.25, 0.3) is 0 Å². The molecule has 0 aliphatic heterocycles. The van der Waals surface area contributed by atoms with Gasteiger partial charge in [-0.15, -0.1) is 0 Å². The molecule has 1 aromatic carbocycles. The molecule has 0 bridgehead atoms. The lowest BCUT2D eigenvalue weighted by molar-refractivity contribution is -0.134. The summed E-state index contributed by atoms with van der Waals surface area (Å²) in [6, 6.07) is 7.22. The number of benzene rings is 1. The van der Waals surface area contributed by atoms with Gasteiger partial charge in [0.05, 0.1) is 6.54 Å². The van der Waals surface area contributed by atoms with E-state index >= 15 is 0 Å². The molecule has 0 spiro atoms. The van der Waals surface area contributed by atoms with Gasteiger partial charge in [-0.3, -0.25) is 4.79 Å². The Labute approximate surface area is 120 Å². The maximum absolute atomic E-state index is 12.0. The highest BCUT2D eigenvalue weighted by Crippen LogP contribution is 2.15. The predicted octanol–water partition coefficient (Wildman–Crippen LogP) is 3.61. The van der Waals surface area contributed by atoms with Crippen molar-refractivity contribution in [3.05, 3.63) is 29.3 Å². The average molecular weight is 284 g/mol. The van der Waals surface area contributed by atoms with Crippen molar-refractivity contribution in [2.24, 2.45) is 5.92 Å². The second-order valence-electron chi connectivity index (χ2n) is 4.58. The molecular weight excluding hydrogens is 262 g/mol. The van der Waals surface area contributed by atoms with Crippen LogP contribution in [0.4, 0.5) is 0 Å². The van der Waals surface area contributed by atoms with Crippen LogP contribution in [0.3, 0.4) is 0 Å². The minimum absolute atomic E-state index is 0.125. The van der Waals surface area contributed by atoms with Crippen LogP contribution >= 0.6 is 11.6 Å². The summed E-state index contributed by atoms with van der Waals surface area (Å²) < 4.78 is 5.58. The number of rotatable bonds is 7. The summed E-state index contributed by atoms with van der Waals surface area (Å²) in [5.41, 5.74) is 0. The molecule has 1 amide bonds. The summed E-state index contributed by atoms with van der Waals surface area (Å²) in [5, 5.41) is 0.688. The number of amides is 1. The highest BCUT2D eigenvalue weighted by molar-refractivity contribution is 6.30. The second kappa shape index (κ2) is 8.05. The lowest BCUT2D eigenvalue weighted by Gasteiger charge is -2.22. The highest BCUT2D eigenvalue weighted by atomic mass is 35.5. The molecule has 0 N–H and O–H groups in total. The number of carbonyl (C=O) groups is 1. The smallest absolute Gasteiger partial charge is 0.225 e. The lowest BCUT2D eigenvalue weighted by atomic mass is 10.0. The van der Waals surface area contributed by atoms with Crippen molar-refractivity contribution in [1.29, 1.82) is 0 Å². The molecule has 0 saturated heterocycles. The number of hydrogen-bond donors (Lipinski definition) is 0. The molecule has 1 aromatic rings. The minimum Gasteiger partial charge on any atom is -0.492 e. The fourth-order valence-corrected chi connectivity index (χ4v) is 2.02. The number of hydrogen-bond acceptors (Lipinski definition) is 2. The van der Waals surface area contributed by atoms with E-state index in [2.05, 4.69) is 0 Å². The molecular formula is C15H22ClNO2. The molecule has 106 valence electrons. The van der Waals surface area contributed by atoms with Gasteiger partial charge in [-0.05, 0) is 37.1 Å². The quantitative estimate of drug-likeness (QED) is 0.765. The molecule has 4 heteroatoms. The van der Waals surface area contributed by atoms with E-state index in [-0.39, 0.29) is 11.8 Å². The van der Waals surface area contributed by atoms with Crippen molar-refractivity contribution < 1.29 is 9.53 Å². The Morgan fingerprint density at radius 3 is 2.37 bits per heavy atom. The van der Waals surface area contributed by atoms with Crippen LogP contribution in [0.5, 0.6) is 5.75 Å². The normalized spacial score (nSPS) is 10.6. The van der Waals surface area contributed by atoms with E-state index in [0.717, 1.165) is 18.6 Å². The number of likely N-dealkylation sites (N-methyl/N-ethyl adjacent to an activating group) is 1. The number of ether oxygens (including phenoxy) is 1. The average Bonchev–Trinajstić information content (AvgIpc) is 2.42. The van der Waals surface area contributed by atoms with Crippen LogP contribution in [-0.2, 0) is 4.79 Å². The van der Waals surface area contributed by atoms with Gasteiger partial charge in [0.1, 0.15) is 12.4 Å². The first-order valence-electron chi connectivity index (χ1n) is 6.71. The van der Waals surface area contributed by atoms with Crippen molar-refractivity contribution in [3.63, 3.8) is 0 Å². The third-order valence-electron chi connectivity index (χ3n) is 3.22. The zero-order valence-electron chi connectivity index (χ0n) is 11.9. The zero-order chi connectivity index (χ0) is 14.3. The fourth-order valence-electron chi connectivity index (χ4n) is 1.89. The number of halogens is 1. The van der Waals surface area contributed by atoms with E-state index in [1.165, 1.54) is 0 Å². The molecule has 0 radical (unpaired) electrons. The Morgan fingerprint density at radius 1 is 1.26 bits per heavy atom. The highest BCUT2D eigenvalue weighted by Gasteiger charge is 2.18. The Balaban J connectivity index is 2.36. The molecule has 0 aliphatic carbocycles. The van der Waals surface area contributed by atoms with E-state index in [0.29, 0.717) is 18.2 Å². The Bertz CT molecular complexity index is 388. The van der Waals surface area contributed by atoms with E-state index in [1.807, 2.05) is 33.0 Å². The van der Waals surface area contributed by atoms with Crippen molar-refractivity contribution in [1.82, 2.24) is 4.90 Å². The standard InChI is InChI=1S/C15H22ClNO2/c1-4-12(5-2)15(18)17(3)10-11-19-14-8-6-13(16)7-9-14/h6-9,12H,4-5,10-11H2,1-3H3. The van der Waals surface area contributed by atoms with Crippen LogP contribution in [0.2, 0.25) is 5.02 Å². The molecule has 0 aliphatic rings. The first-order valence-corrected chi connectivity index (χ1v) is 7.09. The van der Waals surface area contributed by atoms with Crippen LogP contribution in [0.1, 0.15) is 26.7 Å². The summed E-state index contributed by atoms with van der Waals surface area (Å²) in [4.78, 5) is 13.8. The van der Waals surface area contributed by atoms with Crippen molar-refractivity contribution in [2.75, 3.05) is 20.2 Å². The maximum atomic E-state index is 12.0. The van der Waals surface area contributed by atoms with Crippen LogP contribution in [0.15, 0.2) is 24.3 Å². The molecule has 0 heterocycles. The summed E-state index contributed by atoms with van der Waals surface area (Å²) in [7, 11) is 1.83. The van der Waals surface area contributed by atoms with Gasteiger partial charge in [0.2, 0.25) is 5.91 Å². The van der Waals surface area contributed by atoms with E-state index in [9.17, 15) is 4.79 Å². The van der Waals surface area contributed by atoms with Gasteiger partial charge in [-0.1, -0.05) is 25.4 Å². The summed E-state index contributed by atoms with van der Waals surface area (Å²) >= 11 is 5.80. The summed E-state index contributed by atoms with van der Waals surface area (Å²) in [5.74, 6) is 1.10. The van der Waals surface area contributed by atoms with Crippen molar-refractivity contribution in [3.8, 4) is 5.75 Å². The van der Waals surface area contributed by atoms with Crippen molar-refractivity contribution >= 4 is 17.5 Å². The molecule has 0 saturated carbocycles. The molecule has 0 fully saturated rings. The van der Waals surface area contributed by atoms with E-state index in [4.69, 9.17) is 16.3 Å². The molecule has 19 heavy (non-hydrogen) atoms. The molecule has 0 atom stereocenters. The Kier molecular flexibility index (Phi) is 6.71. The summed E-state index contributed by atoms with van der Waals surface area (Å²) in [6.45, 7) is 5.18. The first-order chi connectivity index (χ1) is 9.08. The van der Waals surface area contributed by atoms with Gasteiger partial charge < -0.3 is 9.64 Å². The third-order valence-corrected chi connectivity index (χ3v) is 3.47. The number of nitrogens with zero attached hydrogens (tertiary/aromatic N) is 1. The SMILES string of the molecule is CCC(CC)C(=O)N(C)CCOc1ccc(Cl)cc1. The lowest BCUT2D eigenvalue weighted by Crippen LogP contribution is -2.35. The Hall–Kier alpha value is -1.22. The minimum atomic E-state index is 0.125. The van der Waals surface area contributed by atoms with E-state index < -0.39 is 0 Å².